The maximum absolute atomic E-state index is 12.2. The van der Waals surface area contributed by atoms with E-state index in [1.807, 2.05) is 6.08 Å². The minimum absolute atomic E-state index is 0.297. The van der Waals surface area contributed by atoms with E-state index in [9.17, 15) is 9.59 Å². The van der Waals surface area contributed by atoms with Gasteiger partial charge in [0.25, 0.3) is 0 Å². The summed E-state index contributed by atoms with van der Waals surface area (Å²) >= 11 is 0. The summed E-state index contributed by atoms with van der Waals surface area (Å²) in [7, 11) is -1.99. The SMILES string of the molecule is CC(C)OC(=O)[C@H]1OB(C/C=C/[Si](C)(C)C)O[C@@H]1C(=O)OC(C)C. The first kappa shape index (κ1) is 20.9. The minimum Gasteiger partial charge on any atom is -0.461 e. The molecule has 2 atom stereocenters. The Morgan fingerprint density at radius 1 is 1.00 bits per heavy atom. The quantitative estimate of drug-likeness (QED) is 0.516. The van der Waals surface area contributed by atoms with Gasteiger partial charge in [-0.1, -0.05) is 31.4 Å². The van der Waals surface area contributed by atoms with Crippen molar-refractivity contribution in [3.8, 4) is 0 Å². The maximum atomic E-state index is 12.2. The first-order valence-electron chi connectivity index (χ1n) is 8.39. The predicted molar refractivity (Wildman–Crippen MR) is 95.2 cm³/mol. The summed E-state index contributed by atoms with van der Waals surface area (Å²) in [5.74, 6) is -1.21. The Labute approximate surface area is 146 Å². The number of hydrogen-bond donors (Lipinski definition) is 0. The second-order valence-corrected chi connectivity index (χ2v) is 12.6. The van der Waals surface area contributed by atoms with E-state index in [1.54, 1.807) is 27.7 Å². The summed E-state index contributed by atoms with van der Waals surface area (Å²) in [5.41, 5.74) is 2.17. The Hall–Kier alpha value is -1.12. The van der Waals surface area contributed by atoms with Crippen molar-refractivity contribution in [3.05, 3.63) is 11.8 Å². The molecule has 0 aromatic rings. The maximum Gasteiger partial charge on any atom is 0.462 e. The lowest BCUT2D eigenvalue weighted by molar-refractivity contribution is -0.167. The number of carbonyl (C=O) groups excluding carboxylic acids is 2. The molecule has 0 N–H and O–H groups in total. The van der Waals surface area contributed by atoms with Gasteiger partial charge in [0.05, 0.1) is 20.3 Å². The van der Waals surface area contributed by atoms with Crippen LogP contribution in [0.25, 0.3) is 0 Å². The molecule has 1 saturated heterocycles. The molecule has 8 heteroatoms. The molecule has 0 aromatic heterocycles. The van der Waals surface area contributed by atoms with Gasteiger partial charge in [-0.2, -0.15) is 0 Å². The van der Waals surface area contributed by atoms with Crippen LogP contribution >= 0.6 is 0 Å². The highest BCUT2D eigenvalue weighted by Crippen LogP contribution is 2.23. The summed E-state index contributed by atoms with van der Waals surface area (Å²) in [6, 6.07) is 0. The number of ether oxygens (including phenoxy) is 2. The highest BCUT2D eigenvalue weighted by molar-refractivity contribution is 6.81. The van der Waals surface area contributed by atoms with E-state index in [-0.39, 0.29) is 12.2 Å². The molecule has 1 fully saturated rings. The minimum atomic E-state index is -1.33. The van der Waals surface area contributed by atoms with Gasteiger partial charge in [-0.3, -0.25) is 0 Å². The van der Waals surface area contributed by atoms with E-state index in [4.69, 9.17) is 18.8 Å². The average molecular weight is 356 g/mol. The molecule has 0 bridgehead atoms. The molecule has 1 aliphatic heterocycles. The summed E-state index contributed by atoms with van der Waals surface area (Å²) in [5, 5.41) is 0. The average Bonchev–Trinajstić information content (AvgIpc) is 2.80. The molecule has 0 aliphatic carbocycles. The number of allylic oxidation sites excluding steroid dienone is 1. The third kappa shape index (κ3) is 7.19. The second-order valence-electron chi connectivity index (χ2n) is 7.52. The van der Waals surface area contributed by atoms with Crippen molar-refractivity contribution in [2.75, 3.05) is 0 Å². The zero-order valence-corrected chi connectivity index (χ0v) is 16.7. The Bertz CT molecular complexity index is 442. The van der Waals surface area contributed by atoms with E-state index in [0.717, 1.165) is 0 Å². The van der Waals surface area contributed by atoms with Gasteiger partial charge in [0.1, 0.15) is 0 Å². The first-order chi connectivity index (χ1) is 11.0. The Kier molecular flexibility index (Phi) is 7.69. The molecule has 0 unspecified atom stereocenters. The lowest BCUT2D eigenvalue weighted by Crippen LogP contribution is -2.40. The summed E-state index contributed by atoms with van der Waals surface area (Å²) < 4.78 is 21.6. The van der Waals surface area contributed by atoms with Gasteiger partial charge >= 0.3 is 19.1 Å². The van der Waals surface area contributed by atoms with Crippen LogP contribution in [0.4, 0.5) is 0 Å². The van der Waals surface area contributed by atoms with Gasteiger partial charge in [-0.15, -0.1) is 0 Å². The van der Waals surface area contributed by atoms with E-state index < -0.39 is 39.3 Å². The van der Waals surface area contributed by atoms with E-state index in [2.05, 4.69) is 25.3 Å². The van der Waals surface area contributed by atoms with Crippen molar-refractivity contribution in [3.63, 3.8) is 0 Å². The normalized spacial score (nSPS) is 21.8. The lowest BCUT2D eigenvalue weighted by Gasteiger charge is -2.18. The van der Waals surface area contributed by atoms with Gasteiger partial charge in [0.15, 0.2) is 12.2 Å². The molecule has 0 saturated carbocycles. The fourth-order valence-electron chi connectivity index (χ4n) is 2.10. The summed E-state index contributed by atoms with van der Waals surface area (Å²) in [6.07, 6.45) is -0.325. The van der Waals surface area contributed by atoms with Crippen molar-refractivity contribution < 1.29 is 28.4 Å². The molecule has 0 amide bonds. The van der Waals surface area contributed by atoms with Crippen LogP contribution in [0, 0.1) is 0 Å². The van der Waals surface area contributed by atoms with E-state index in [1.165, 1.54) is 0 Å². The van der Waals surface area contributed by atoms with Gasteiger partial charge in [0.2, 0.25) is 0 Å². The Morgan fingerprint density at radius 2 is 1.42 bits per heavy atom. The number of esters is 2. The van der Waals surface area contributed by atoms with Crippen molar-refractivity contribution in [2.45, 2.75) is 78.1 Å². The fraction of sp³-hybridized carbons (Fsp3) is 0.750. The Balaban J connectivity index is 2.79. The zero-order chi connectivity index (χ0) is 18.5. The lowest BCUT2D eigenvalue weighted by atomic mass is 9.85. The van der Waals surface area contributed by atoms with Crippen LogP contribution in [0.15, 0.2) is 11.8 Å². The predicted octanol–water partition coefficient (Wildman–Crippen LogP) is 2.60. The van der Waals surface area contributed by atoms with Crippen LogP contribution in [-0.2, 0) is 28.4 Å². The van der Waals surface area contributed by atoms with Gasteiger partial charge in [-0.25, -0.2) is 9.59 Å². The highest BCUT2D eigenvalue weighted by Gasteiger charge is 2.49. The molecular formula is C16H29BO6Si. The highest BCUT2D eigenvalue weighted by atomic mass is 28.3. The van der Waals surface area contributed by atoms with Crippen LogP contribution in [0.2, 0.25) is 26.0 Å². The third-order valence-corrected chi connectivity index (χ3v) is 4.22. The van der Waals surface area contributed by atoms with Crippen LogP contribution in [-0.4, -0.2) is 51.5 Å². The van der Waals surface area contributed by atoms with Crippen LogP contribution < -0.4 is 0 Å². The van der Waals surface area contributed by atoms with Crippen molar-refractivity contribution >= 4 is 27.1 Å². The monoisotopic (exact) mass is 356 g/mol. The first-order valence-corrected chi connectivity index (χ1v) is 12.0. The van der Waals surface area contributed by atoms with Crippen molar-refractivity contribution in [1.29, 1.82) is 0 Å². The molecule has 1 heterocycles. The smallest absolute Gasteiger partial charge is 0.461 e. The molecule has 1 aliphatic rings. The van der Waals surface area contributed by atoms with Gasteiger partial charge in [-0.05, 0) is 34.0 Å². The standard InChI is InChI=1S/C16H29BO6Si/c1-11(2)20-15(18)13-14(16(19)21-12(3)4)23-17(22-13)9-8-10-24(5,6)7/h8,10-14H,9H2,1-7H3/b10-8+/t13-,14-/m0/s1. The van der Waals surface area contributed by atoms with Gasteiger partial charge in [0, 0.05) is 0 Å². The third-order valence-electron chi connectivity index (χ3n) is 2.99. The zero-order valence-electron chi connectivity index (χ0n) is 15.7. The van der Waals surface area contributed by atoms with Crippen LogP contribution in [0.1, 0.15) is 27.7 Å². The summed E-state index contributed by atoms with van der Waals surface area (Å²) in [6.45, 7) is 13.6. The van der Waals surface area contributed by atoms with Crippen molar-refractivity contribution in [2.24, 2.45) is 0 Å². The molecule has 24 heavy (non-hydrogen) atoms. The molecular weight excluding hydrogens is 327 g/mol. The van der Waals surface area contributed by atoms with Crippen LogP contribution in [0.5, 0.6) is 0 Å². The number of hydrogen-bond acceptors (Lipinski definition) is 6. The molecule has 6 nitrogen and oxygen atoms in total. The number of rotatable bonds is 7. The largest absolute Gasteiger partial charge is 0.462 e. The van der Waals surface area contributed by atoms with Crippen molar-refractivity contribution in [1.82, 2.24) is 0 Å². The number of carbonyl (C=O) groups is 2. The van der Waals surface area contributed by atoms with Crippen LogP contribution in [0.3, 0.4) is 0 Å². The molecule has 0 aromatic carbocycles. The molecule has 1 rings (SSSR count). The fourth-order valence-corrected chi connectivity index (χ4v) is 2.95. The topological polar surface area (TPSA) is 71.1 Å². The molecule has 0 radical (unpaired) electrons. The second kappa shape index (κ2) is 8.82. The Morgan fingerprint density at radius 3 is 1.75 bits per heavy atom. The summed E-state index contributed by atoms with van der Waals surface area (Å²) in [4.78, 5) is 24.4. The molecule has 0 spiro atoms. The molecule has 136 valence electrons. The van der Waals surface area contributed by atoms with Gasteiger partial charge < -0.3 is 18.8 Å². The van der Waals surface area contributed by atoms with E-state index in [0.29, 0.717) is 6.32 Å². The van der Waals surface area contributed by atoms with E-state index >= 15 is 0 Å².